The maximum atomic E-state index is 12.1. The van der Waals surface area contributed by atoms with Crippen LogP contribution in [0.15, 0.2) is 0 Å². The molecular formula is C15H29N3O. The van der Waals surface area contributed by atoms with Crippen molar-refractivity contribution >= 4 is 5.91 Å². The van der Waals surface area contributed by atoms with Gasteiger partial charge in [0.25, 0.3) is 0 Å². The smallest absolute Gasteiger partial charge is 0.240 e. The molecule has 0 aromatic heterocycles. The maximum absolute atomic E-state index is 12.1. The quantitative estimate of drug-likeness (QED) is 0.797. The Hall–Kier alpha value is -0.610. The van der Waals surface area contributed by atoms with Gasteiger partial charge in [-0.3, -0.25) is 10.1 Å². The van der Waals surface area contributed by atoms with E-state index in [9.17, 15) is 4.79 Å². The van der Waals surface area contributed by atoms with Gasteiger partial charge in [-0.15, -0.1) is 0 Å². The van der Waals surface area contributed by atoms with Crippen LogP contribution >= 0.6 is 0 Å². The molecule has 2 rings (SSSR count). The minimum Gasteiger partial charge on any atom is -0.329 e. The van der Waals surface area contributed by atoms with E-state index in [1.165, 1.54) is 25.8 Å². The Labute approximate surface area is 117 Å². The van der Waals surface area contributed by atoms with Gasteiger partial charge in [0.15, 0.2) is 0 Å². The van der Waals surface area contributed by atoms with Crippen LogP contribution in [0.2, 0.25) is 0 Å². The van der Waals surface area contributed by atoms with Crippen LogP contribution in [0.1, 0.15) is 52.4 Å². The van der Waals surface area contributed by atoms with Gasteiger partial charge in [0.05, 0.1) is 12.7 Å². The second-order valence-corrected chi connectivity index (χ2v) is 6.04. The number of nitrogens with one attached hydrogen (secondary N) is 1. The van der Waals surface area contributed by atoms with Crippen molar-refractivity contribution < 1.29 is 4.79 Å². The van der Waals surface area contributed by atoms with Crippen molar-refractivity contribution in [1.29, 1.82) is 0 Å². The predicted molar refractivity (Wildman–Crippen MR) is 77.9 cm³/mol. The highest BCUT2D eigenvalue weighted by Gasteiger charge is 2.29. The van der Waals surface area contributed by atoms with E-state index in [1.54, 1.807) is 0 Å². The summed E-state index contributed by atoms with van der Waals surface area (Å²) in [4.78, 5) is 16.7. The lowest BCUT2D eigenvalue weighted by atomic mass is 10.0. The molecule has 2 atom stereocenters. The van der Waals surface area contributed by atoms with E-state index < -0.39 is 0 Å². The third-order valence-electron chi connectivity index (χ3n) is 4.53. The Balaban J connectivity index is 1.67. The van der Waals surface area contributed by atoms with E-state index in [0.717, 1.165) is 45.1 Å². The summed E-state index contributed by atoms with van der Waals surface area (Å²) >= 11 is 0. The Morgan fingerprint density at radius 2 is 2.16 bits per heavy atom. The van der Waals surface area contributed by atoms with Gasteiger partial charge < -0.3 is 9.80 Å². The van der Waals surface area contributed by atoms with E-state index in [2.05, 4.69) is 24.1 Å². The van der Waals surface area contributed by atoms with Gasteiger partial charge in [0.2, 0.25) is 5.91 Å². The van der Waals surface area contributed by atoms with E-state index in [0.29, 0.717) is 5.91 Å². The summed E-state index contributed by atoms with van der Waals surface area (Å²) in [5.41, 5.74) is 0. The fraction of sp³-hybridized carbons (Fsp3) is 0.933. The van der Waals surface area contributed by atoms with Gasteiger partial charge in [-0.1, -0.05) is 19.8 Å². The Kier molecular flexibility index (Phi) is 5.64. The number of amides is 1. The average molecular weight is 267 g/mol. The molecule has 2 saturated heterocycles. The van der Waals surface area contributed by atoms with Crippen LogP contribution in [0.3, 0.4) is 0 Å². The first-order valence-electron chi connectivity index (χ1n) is 7.98. The van der Waals surface area contributed by atoms with Crippen molar-refractivity contribution in [2.75, 3.05) is 26.3 Å². The van der Waals surface area contributed by atoms with Crippen molar-refractivity contribution in [3.63, 3.8) is 0 Å². The van der Waals surface area contributed by atoms with Crippen LogP contribution in [0.4, 0.5) is 0 Å². The SMILES string of the molecule is CCCC1NCN(CCCN2CCCCC2C)C1=O. The summed E-state index contributed by atoms with van der Waals surface area (Å²) < 4.78 is 0. The lowest BCUT2D eigenvalue weighted by molar-refractivity contribution is -0.129. The second kappa shape index (κ2) is 7.25. The summed E-state index contributed by atoms with van der Waals surface area (Å²) in [6.07, 6.45) is 7.21. The van der Waals surface area contributed by atoms with Crippen LogP contribution in [-0.2, 0) is 4.79 Å². The van der Waals surface area contributed by atoms with Crippen LogP contribution in [0.5, 0.6) is 0 Å². The van der Waals surface area contributed by atoms with Gasteiger partial charge in [-0.05, 0) is 39.2 Å². The third-order valence-corrected chi connectivity index (χ3v) is 4.53. The minimum absolute atomic E-state index is 0.0823. The molecule has 2 heterocycles. The lowest BCUT2D eigenvalue weighted by Gasteiger charge is -2.33. The number of carbonyl (C=O) groups excluding carboxylic acids is 1. The molecule has 1 N–H and O–H groups in total. The number of carbonyl (C=O) groups is 1. The van der Waals surface area contributed by atoms with Crippen LogP contribution in [0.25, 0.3) is 0 Å². The topological polar surface area (TPSA) is 35.6 Å². The molecule has 0 aromatic rings. The molecule has 2 aliphatic heterocycles. The molecule has 0 aromatic carbocycles. The van der Waals surface area contributed by atoms with Gasteiger partial charge in [0.1, 0.15) is 0 Å². The predicted octanol–water partition coefficient (Wildman–Crippen LogP) is 1.81. The summed E-state index contributed by atoms with van der Waals surface area (Å²) in [5.74, 6) is 0.313. The lowest BCUT2D eigenvalue weighted by Crippen LogP contribution is -2.39. The largest absolute Gasteiger partial charge is 0.329 e. The highest BCUT2D eigenvalue weighted by molar-refractivity contribution is 5.83. The zero-order valence-corrected chi connectivity index (χ0v) is 12.5. The van der Waals surface area contributed by atoms with Gasteiger partial charge >= 0.3 is 0 Å². The number of hydrogen-bond acceptors (Lipinski definition) is 3. The highest BCUT2D eigenvalue weighted by Crippen LogP contribution is 2.17. The van der Waals surface area contributed by atoms with Crippen LogP contribution < -0.4 is 5.32 Å². The van der Waals surface area contributed by atoms with Gasteiger partial charge in [-0.25, -0.2) is 0 Å². The summed E-state index contributed by atoms with van der Waals surface area (Å²) in [7, 11) is 0. The monoisotopic (exact) mass is 267 g/mol. The number of likely N-dealkylation sites (tertiary alicyclic amines) is 1. The summed E-state index contributed by atoms with van der Waals surface area (Å²) in [6.45, 7) is 8.51. The van der Waals surface area contributed by atoms with Gasteiger partial charge in [-0.2, -0.15) is 0 Å². The molecule has 4 heteroatoms. The van der Waals surface area contributed by atoms with Crippen molar-refractivity contribution in [2.24, 2.45) is 0 Å². The minimum atomic E-state index is 0.0823. The fourth-order valence-electron chi connectivity index (χ4n) is 3.26. The zero-order chi connectivity index (χ0) is 13.7. The fourth-order valence-corrected chi connectivity index (χ4v) is 3.26. The first-order valence-corrected chi connectivity index (χ1v) is 7.98. The Bertz CT molecular complexity index is 295. The van der Waals surface area contributed by atoms with Crippen molar-refractivity contribution in [3.05, 3.63) is 0 Å². The number of piperidine rings is 1. The van der Waals surface area contributed by atoms with E-state index >= 15 is 0 Å². The third kappa shape index (κ3) is 3.93. The highest BCUT2D eigenvalue weighted by atomic mass is 16.2. The molecule has 110 valence electrons. The van der Waals surface area contributed by atoms with E-state index in [1.807, 2.05) is 4.90 Å². The summed E-state index contributed by atoms with van der Waals surface area (Å²) in [6, 6.07) is 0.813. The molecule has 0 spiro atoms. The molecule has 2 fully saturated rings. The van der Waals surface area contributed by atoms with Crippen LogP contribution in [-0.4, -0.2) is 54.1 Å². The average Bonchev–Trinajstić information content (AvgIpc) is 2.74. The maximum Gasteiger partial charge on any atom is 0.240 e. The second-order valence-electron chi connectivity index (χ2n) is 6.04. The molecule has 0 saturated carbocycles. The van der Waals surface area contributed by atoms with Crippen molar-refractivity contribution in [3.8, 4) is 0 Å². The van der Waals surface area contributed by atoms with E-state index in [4.69, 9.17) is 0 Å². The molecule has 19 heavy (non-hydrogen) atoms. The van der Waals surface area contributed by atoms with E-state index in [-0.39, 0.29) is 6.04 Å². The molecule has 0 radical (unpaired) electrons. The van der Waals surface area contributed by atoms with Crippen molar-refractivity contribution in [1.82, 2.24) is 15.1 Å². The number of hydrogen-bond donors (Lipinski definition) is 1. The molecule has 2 aliphatic rings. The van der Waals surface area contributed by atoms with Crippen molar-refractivity contribution in [2.45, 2.75) is 64.5 Å². The zero-order valence-electron chi connectivity index (χ0n) is 12.5. The molecule has 0 bridgehead atoms. The molecule has 2 unspecified atom stereocenters. The normalized spacial score (nSPS) is 29.2. The number of nitrogens with zero attached hydrogens (tertiary/aromatic N) is 2. The van der Waals surface area contributed by atoms with Crippen LogP contribution in [0, 0.1) is 0 Å². The first-order chi connectivity index (χ1) is 9.22. The molecular weight excluding hydrogens is 238 g/mol. The molecule has 0 aliphatic carbocycles. The Morgan fingerprint density at radius 3 is 2.89 bits per heavy atom. The Morgan fingerprint density at radius 1 is 1.32 bits per heavy atom. The summed E-state index contributed by atoms with van der Waals surface area (Å²) in [5, 5.41) is 3.32. The molecule has 1 amide bonds. The molecule has 4 nitrogen and oxygen atoms in total. The van der Waals surface area contributed by atoms with Gasteiger partial charge in [0, 0.05) is 19.1 Å². The standard InChI is InChI=1S/C15H29N3O/c1-3-7-14-15(19)18(12-16-14)11-6-10-17-9-5-4-8-13(17)2/h13-14,16H,3-12H2,1-2H3. The first kappa shape index (κ1) is 14.8. The number of rotatable bonds is 6.